The molecule has 27 nitrogen and oxygen atoms in total. The third kappa shape index (κ3) is 9.64. The molecule has 0 spiro atoms. The van der Waals surface area contributed by atoms with Gasteiger partial charge in [-0.3, -0.25) is 42.5 Å². The lowest BCUT2D eigenvalue weighted by molar-refractivity contribution is 0.0925. The highest BCUT2D eigenvalue weighted by Gasteiger charge is 2.40. The van der Waals surface area contributed by atoms with Crippen molar-refractivity contribution in [2.24, 2.45) is 0 Å². The molecular weight excluding hydrogens is 1120 g/mol. The molecule has 0 fully saturated rings. The van der Waals surface area contributed by atoms with Crippen molar-refractivity contribution in [1.29, 1.82) is 0 Å². The number of halogens is 4. The van der Waals surface area contributed by atoms with Crippen molar-refractivity contribution in [2.45, 2.75) is 58.5 Å². The van der Waals surface area contributed by atoms with Gasteiger partial charge in [0.25, 0.3) is 34.4 Å². The van der Waals surface area contributed by atoms with Gasteiger partial charge in [0.15, 0.2) is 28.5 Å². The van der Waals surface area contributed by atoms with Crippen molar-refractivity contribution in [1.82, 2.24) is 89.9 Å². The minimum absolute atomic E-state index is 0.134. The Bertz CT molecular complexity index is 3910. The number of aromatic nitrogens is 15. The second-order valence-corrected chi connectivity index (χ2v) is 20.0. The number of hydrogen-bond donors (Lipinski definition) is 6. The van der Waals surface area contributed by atoms with Gasteiger partial charge in [0.1, 0.15) is 81.8 Å². The quantitative estimate of drug-likeness (QED) is 0.141. The van der Waals surface area contributed by atoms with Crippen molar-refractivity contribution >= 4 is 130 Å². The van der Waals surface area contributed by atoms with Crippen LogP contribution in [0.4, 0.5) is 28.8 Å². The smallest absolute Gasteiger partial charge is 0.276 e. The third-order valence-corrected chi connectivity index (χ3v) is 12.9. The Morgan fingerprint density at radius 2 is 0.947 bits per heavy atom. The zero-order valence-electron chi connectivity index (χ0n) is 40.2. The molecule has 12 heterocycles. The number of nitrogens with zero attached hydrogens (tertiary/aromatic N) is 15. The number of pyridine rings is 3. The van der Waals surface area contributed by atoms with E-state index >= 15 is 0 Å². The number of amides is 3. The van der Waals surface area contributed by atoms with E-state index in [0.717, 1.165) is 0 Å². The molecule has 9 aromatic rings. The molecule has 76 heavy (non-hydrogen) atoms. The second kappa shape index (κ2) is 19.8. The predicted molar refractivity (Wildman–Crippen MR) is 282 cm³/mol. The Balaban J connectivity index is 0.000000130. The van der Waals surface area contributed by atoms with Gasteiger partial charge in [-0.1, -0.05) is 34.8 Å². The number of nitrogen functional groups attached to an aromatic ring is 1. The lowest BCUT2D eigenvalue weighted by Gasteiger charge is -2.22. The molecule has 9 aromatic heterocycles. The third-order valence-electron chi connectivity index (χ3n) is 11.5. The summed E-state index contributed by atoms with van der Waals surface area (Å²) in [7, 11) is 0. The van der Waals surface area contributed by atoms with E-state index in [9.17, 15) is 28.8 Å². The van der Waals surface area contributed by atoms with Crippen LogP contribution in [-0.2, 0) is 17.0 Å². The van der Waals surface area contributed by atoms with Gasteiger partial charge in [-0.25, -0.2) is 39.9 Å². The van der Waals surface area contributed by atoms with Gasteiger partial charge in [-0.15, -0.1) is 10.2 Å². The van der Waals surface area contributed by atoms with Crippen LogP contribution in [0.15, 0.2) is 93.1 Å². The van der Waals surface area contributed by atoms with Crippen molar-refractivity contribution in [3.8, 4) is 0 Å². The topological polar surface area (TPSA) is 358 Å². The minimum Gasteiger partial charge on any atom is -0.382 e. The number of rotatable bonds is 4. The van der Waals surface area contributed by atoms with E-state index in [2.05, 4.69) is 103 Å². The van der Waals surface area contributed by atoms with Crippen molar-refractivity contribution in [3.05, 3.63) is 142 Å². The number of nitrogens with two attached hydrogens (primary N) is 1. The fourth-order valence-corrected chi connectivity index (χ4v) is 9.57. The van der Waals surface area contributed by atoms with Gasteiger partial charge in [0, 0.05) is 0 Å². The van der Waals surface area contributed by atoms with Crippen LogP contribution >= 0.6 is 50.7 Å². The molecule has 3 aliphatic rings. The van der Waals surface area contributed by atoms with Crippen LogP contribution < -0.4 is 49.0 Å². The van der Waals surface area contributed by atoms with Gasteiger partial charge >= 0.3 is 0 Å². The predicted octanol–water partition coefficient (Wildman–Crippen LogP) is 4.53. The molecule has 0 bridgehead atoms. The van der Waals surface area contributed by atoms with Crippen LogP contribution in [0.2, 0.25) is 15.1 Å². The van der Waals surface area contributed by atoms with E-state index < -0.39 is 34.0 Å². The van der Waals surface area contributed by atoms with E-state index in [1.165, 1.54) is 63.4 Å². The summed E-state index contributed by atoms with van der Waals surface area (Å²) >= 11 is 21.5. The van der Waals surface area contributed by atoms with Gasteiger partial charge in [0.2, 0.25) is 0 Å². The molecule has 12 rings (SSSR count). The first-order valence-electron chi connectivity index (χ1n) is 22.0. The average Bonchev–Trinajstić information content (AvgIpc) is 3.90. The molecule has 3 amide bonds. The number of nitrogens with one attached hydrogen (secondary N) is 5. The van der Waals surface area contributed by atoms with E-state index in [1.807, 2.05) is 0 Å². The second-order valence-electron chi connectivity index (χ2n) is 17.9. The summed E-state index contributed by atoms with van der Waals surface area (Å²) in [5.74, 6) is -0.0771. The van der Waals surface area contributed by atoms with Gasteiger partial charge < -0.3 is 32.3 Å². The van der Waals surface area contributed by atoms with Crippen LogP contribution in [0.1, 0.15) is 73.0 Å². The van der Waals surface area contributed by atoms with Crippen molar-refractivity contribution in [3.63, 3.8) is 0 Å². The molecule has 0 radical (unpaired) electrons. The molecule has 0 atom stereocenters. The summed E-state index contributed by atoms with van der Waals surface area (Å²) in [4.78, 5) is 106. The lowest BCUT2D eigenvalue weighted by Crippen LogP contribution is -2.42. The maximum atomic E-state index is 12.9. The largest absolute Gasteiger partial charge is 0.382 e. The molecule has 3 aliphatic heterocycles. The molecule has 31 heteroatoms. The minimum atomic E-state index is -0.891. The number of fused-ring (bicyclic) bond motifs is 6. The number of anilines is 5. The van der Waals surface area contributed by atoms with E-state index in [0.29, 0.717) is 55.0 Å². The summed E-state index contributed by atoms with van der Waals surface area (Å²) in [5.41, 5.74) is 6.01. The fraction of sp³-hybridized carbons (Fsp3) is 0.200. The molecule has 0 saturated heterocycles. The SMILES string of the molecule is CC1(C)NC(=O)c2c(Cl)cc(Br)c(=O)n21.CC1(C)NC(=O)c2c(Cl)cc(Nc3ncnc4ccnnc34)c(=O)n21.CC1(C)NC(=O)c2c(Cl)cc(Nc3ncnc4cncnc34)c(=O)n21.Nc1ncnc2ccnnc12. The summed E-state index contributed by atoms with van der Waals surface area (Å²) in [6.45, 7) is 10.4. The van der Waals surface area contributed by atoms with Crippen LogP contribution in [0, 0.1) is 0 Å². The standard InChI is InChI=1S/2C15H12ClN7O2.C9H8BrClN2O2.C6H5N5/c1-15(2)22-13(24)11-7(16)3-8(14(25)23(11)15)21-12-10-9(18-6-20-12)4-17-5-19-10;1-15(2)21-13(24)11-7(16)5-9(14(25)23(11)15)20-12-10-8(17-6-18-12)3-4-19-22-10;1-9(2)12-7(14)6-5(11)3-4(10)8(15)13(6)9;7-6-5-4(8-3-9-6)1-2-10-11-5/h3-6H,1-2H3,(H,22,24)(H,18,20,21);3-6H,1-2H3,(H,21,24)(H,17,18,20);3H,1-2H3,(H,12,14);1-3H,(H2,7,8,9). The first-order valence-corrected chi connectivity index (χ1v) is 24.0. The molecular formula is C45H37BrCl3N21O6. The Hall–Kier alpha value is -8.73. The highest BCUT2D eigenvalue weighted by atomic mass is 79.9. The molecule has 7 N–H and O–H groups in total. The molecule has 0 aromatic carbocycles. The highest BCUT2D eigenvalue weighted by molar-refractivity contribution is 9.10. The maximum Gasteiger partial charge on any atom is 0.276 e. The number of hydrogen-bond acceptors (Lipinski definition) is 21. The van der Waals surface area contributed by atoms with Crippen LogP contribution in [-0.4, -0.2) is 91.7 Å². The Labute approximate surface area is 449 Å². The lowest BCUT2D eigenvalue weighted by atomic mass is 10.2. The van der Waals surface area contributed by atoms with Gasteiger partial charge in [-0.2, -0.15) is 10.2 Å². The molecule has 0 aliphatic carbocycles. The number of carbonyl (C=O) groups is 3. The number of carbonyl (C=O) groups excluding carboxylic acids is 3. The van der Waals surface area contributed by atoms with Crippen LogP contribution in [0.3, 0.4) is 0 Å². The van der Waals surface area contributed by atoms with Crippen molar-refractivity contribution < 1.29 is 14.4 Å². The Morgan fingerprint density at radius 1 is 0.526 bits per heavy atom. The summed E-state index contributed by atoms with van der Waals surface area (Å²) < 4.78 is 4.37. The average molecular weight is 1150 g/mol. The molecule has 386 valence electrons. The Kier molecular flexibility index (Phi) is 13.6. The monoisotopic (exact) mass is 1150 g/mol. The first kappa shape index (κ1) is 52.1. The summed E-state index contributed by atoms with van der Waals surface area (Å²) in [5, 5.41) is 29.9. The van der Waals surface area contributed by atoms with Gasteiger partial charge in [0.05, 0.1) is 49.2 Å². The summed E-state index contributed by atoms with van der Waals surface area (Å²) in [6.07, 6.45) is 10.1. The first-order chi connectivity index (χ1) is 36.0. The van der Waals surface area contributed by atoms with E-state index in [-0.39, 0.29) is 60.9 Å². The zero-order chi connectivity index (χ0) is 54.6. The van der Waals surface area contributed by atoms with Crippen LogP contribution in [0.25, 0.3) is 33.1 Å². The highest BCUT2D eigenvalue weighted by Crippen LogP contribution is 2.32. The van der Waals surface area contributed by atoms with Crippen molar-refractivity contribution in [2.75, 3.05) is 16.4 Å². The Morgan fingerprint density at radius 3 is 1.45 bits per heavy atom. The maximum absolute atomic E-state index is 12.9. The fourth-order valence-electron chi connectivity index (χ4n) is 8.20. The van der Waals surface area contributed by atoms with Crippen LogP contribution in [0.5, 0.6) is 0 Å². The zero-order valence-corrected chi connectivity index (χ0v) is 44.0. The molecule has 0 unspecified atom stereocenters. The normalized spacial score (nSPS) is 14.8. The van der Waals surface area contributed by atoms with E-state index in [1.54, 1.807) is 66.1 Å². The summed E-state index contributed by atoms with van der Waals surface area (Å²) in [6, 6.07) is 7.67. The van der Waals surface area contributed by atoms with E-state index in [4.69, 9.17) is 40.5 Å². The molecule has 0 saturated carbocycles. The van der Waals surface area contributed by atoms with Gasteiger partial charge in [-0.05, 0) is 87.8 Å².